The Balaban J connectivity index is 1.84. The van der Waals surface area contributed by atoms with Crippen LogP contribution in [-0.2, 0) is 4.79 Å². The maximum absolute atomic E-state index is 12.6. The van der Waals surface area contributed by atoms with Crippen molar-refractivity contribution in [2.24, 2.45) is 5.73 Å². The molecular weight excluding hydrogens is 396 g/mol. The highest BCUT2D eigenvalue weighted by molar-refractivity contribution is 7.17. The van der Waals surface area contributed by atoms with Crippen LogP contribution in [0.3, 0.4) is 0 Å². The van der Waals surface area contributed by atoms with Crippen LogP contribution in [0.15, 0.2) is 54.6 Å². The van der Waals surface area contributed by atoms with E-state index >= 15 is 0 Å². The summed E-state index contributed by atoms with van der Waals surface area (Å²) in [4.78, 5) is 25.6. The van der Waals surface area contributed by atoms with Gasteiger partial charge in [0, 0.05) is 15.5 Å². The topological polar surface area (TPSA) is 81.4 Å². The molecule has 0 aliphatic heterocycles. The van der Waals surface area contributed by atoms with E-state index in [1.165, 1.54) is 11.3 Å². The standard InChI is InChI=1S/C21H19ClN2O3S/c1-12(27-16-10-8-15(22)9-11-16)20(26)24-21-18(19(23)25)17(13(2)28-21)14-6-4-3-5-7-14/h3-12H,1-2H3,(H2,23,25)(H,24,26). The fourth-order valence-electron chi connectivity index (χ4n) is 2.80. The first-order valence-corrected chi connectivity index (χ1v) is 9.78. The molecule has 3 aromatic rings. The number of benzene rings is 2. The Morgan fingerprint density at radius 3 is 2.36 bits per heavy atom. The fraction of sp³-hybridized carbons (Fsp3) is 0.143. The van der Waals surface area contributed by atoms with Crippen LogP contribution < -0.4 is 15.8 Å². The third kappa shape index (κ3) is 4.35. The van der Waals surface area contributed by atoms with Crippen molar-refractivity contribution in [3.05, 3.63) is 70.1 Å². The van der Waals surface area contributed by atoms with E-state index in [9.17, 15) is 9.59 Å². The lowest BCUT2D eigenvalue weighted by atomic mass is 10.0. The van der Waals surface area contributed by atoms with E-state index in [0.717, 1.165) is 16.0 Å². The summed E-state index contributed by atoms with van der Waals surface area (Å²) in [6.07, 6.45) is -0.774. The molecule has 0 radical (unpaired) electrons. The van der Waals surface area contributed by atoms with Gasteiger partial charge in [0.05, 0.1) is 5.56 Å². The van der Waals surface area contributed by atoms with Gasteiger partial charge in [-0.3, -0.25) is 9.59 Å². The summed E-state index contributed by atoms with van der Waals surface area (Å²) in [6, 6.07) is 16.2. The first-order valence-electron chi connectivity index (χ1n) is 8.58. The van der Waals surface area contributed by atoms with Gasteiger partial charge in [0.2, 0.25) is 0 Å². The van der Waals surface area contributed by atoms with Crippen molar-refractivity contribution in [1.82, 2.24) is 0 Å². The third-order valence-electron chi connectivity index (χ3n) is 4.13. The number of aryl methyl sites for hydroxylation is 1. The number of anilines is 1. The first kappa shape index (κ1) is 19.9. The van der Waals surface area contributed by atoms with Gasteiger partial charge in [-0.15, -0.1) is 11.3 Å². The molecule has 28 heavy (non-hydrogen) atoms. The molecule has 0 fully saturated rings. The largest absolute Gasteiger partial charge is 0.481 e. The van der Waals surface area contributed by atoms with Crippen molar-refractivity contribution < 1.29 is 14.3 Å². The number of ether oxygens (including phenoxy) is 1. The van der Waals surface area contributed by atoms with E-state index in [1.807, 2.05) is 37.3 Å². The number of halogens is 1. The van der Waals surface area contributed by atoms with E-state index in [-0.39, 0.29) is 5.91 Å². The smallest absolute Gasteiger partial charge is 0.265 e. The molecule has 5 nitrogen and oxygen atoms in total. The molecule has 0 aliphatic rings. The first-order chi connectivity index (χ1) is 13.4. The van der Waals surface area contributed by atoms with Crippen LogP contribution in [0.4, 0.5) is 5.00 Å². The molecule has 7 heteroatoms. The summed E-state index contributed by atoms with van der Waals surface area (Å²) in [5.74, 6) is -0.447. The number of rotatable bonds is 6. The average Bonchev–Trinajstić information content (AvgIpc) is 3.00. The van der Waals surface area contributed by atoms with Gasteiger partial charge >= 0.3 is 0 Å². The minimum Gasteiger partial charge on any atom is -0.481 e. The number of carbonyl (C=O) groups excluding carboxylic acids is 2. The van der Waals surface area contributed by atoms with Crippen molar-refractivity contribution in [2.45, 2.75) is 20.0 Å². The van der Waals surface area contributed by atoms with Crippen LogP contribution >= 0.6 is 22.9 Å². The average molecular weight is 415 g/mol. The second kappa shape index (κ2) is 8.46. The predicted octanol–water partition coefficient (Wildman–Crippen LogP) is 4.88. The highest BCUT2D eigenvalue weighted by atomic mass is 35.5. The Morgan fingerprint density at radius 2 is 1.75 bits per heavy atom. The molecule has 1 unspecified atom stereocenters. The maximum Gasteiger partial charge on any atom is 0.265 e. The van der Waals surface area contributed by atoms with E-state index in [0.29, 0.717) is 21.3 Å². The zero-order valence-corrected chi connectivity index (χ0v) is 16.9. The number of hydrogen-bond acceptors (Lipinski definition) is 4. The highest BCUT2D eigenvalue weighted by Gasteiger charge is 2.24. The van der Waals surface area contributed by atoms with Crippen molar-refractivity contribution in [1.29, 1.82) is 0 Å². The van der Waals surface area contributed by atoms with E-state index in [2.05, 4.69) is 5.32 Å². The van der Waals surface area contributed by atoms with Gasteiger partial charge in [-0.05, 0) is 43.7 Å². The van der Waals surface area contributed by atoms with Crippen LogP contribution in [0.25, 0.3) is 11.1 Å². The Hall–Kier alpha value is -2.83. The highest BCUT2D eigenvalue weighted by Crippen LogP contribution is 2.39. The van der Waals surface area contributed by atoms with E-state index < -0.39 is 12.0 Å². The lowest BCUT2D eigenvalue weighted by Gasteiger charge is -2.14. The lowest BCUT2D eigenvalue weighted by Crippen LogP contribution is -2.30. The molecule has 1 atom stereocenters. The monoisotopic (exact) mass is 414 g/mol. The number of amides is 2. The van der Waals surface area contributed by atoms with Gasteiger partial charge in [-0.1, -0.05) is 41.9 Å². The summed E-state index contributed by atoms with van der Waals surface area (Å²) < 4.78 is 5.64. The number of primary amides is 1. The molecule has 1 heterocycles. The van der Waals surface area contributed by atoms with Crippen molar-refractivity contribution in [3.8, 4) is 16.9 Å². The molecule has 1 aromatic heterocycles. The van der Waals surface area contributed by atoms with E-state index in [4.69, 9.17) is 22.1 Å². The summed E-state index contributed by atoms with van der Waals surface area (Å²) >= 11 is 7.17. The van der Waals surface area contributed by atoms with Crippen LogP contribution in [0.5, 0.6) is 5.75 Å². The second-order valence-electron chi connectivity index (χ2n) is 6.17. The van der Waals surface area contributed by atoms with Gasteiger partial charge in [-0.2, -0.15) is 0 Å². The molecule has 0 bridgehead atoms. The summed E-state index contributed by atoms with van der Waals surface area (Å²) in [7, 11) is 0. The molecule has 2 aromatic carbocycles. The normalized spacial score (nSPS) is 11.7. The molecule has 0 spiro atoms. The fourth-order valence-corrected chi connectivity index (χ4v) is 4.02. The number of carbonyl (C=O) groups is 2. The van der Waals surface area contributed by atoms with E-state index in [1.54, 1.807) is 31.2 Å². The summed E-state index contributed by atoms with van der Waals surface area (Å²) in [5, 5.41) is 3.78. The van der Waals surface area contributed by atoms with Crippen LogP contribution in [0.1, 0.15) is 22.2 Å². The Labute approximate surface area is 172 Å². The second-order valence-corrected chi connectivity index (χ2v) is 7.83. The zero-order valence-electron chi connectivity index (χ0n) is 15.4. The Bertz CT molecular complexity index is 1000. The minimum absolute atomic E-state index is 0.306. The molecule has 0 saturated carbocycles. The lowest BCUT2D eigenvalue weighted by molar-refractivity contribution is -0.122. The van der Waals surface area contributed by atoms with Gasteiger partial charge in [0.15, 0.2) is 6.10 Å². The number of nitrogens with one attached hydrogen (secondary N) is 1. The van der Waals surface area contributed by atoms with Crippen LogP contribution in [0, 0.1) is 6.92 Å². The molecule has 2 amide bonds. The van der Waals surface area contributed by atoms with Crippen molar-refractivity contribution in [2.75, 3.05) is 5.32 Å². The number of nitrogens with two attached hydrogens (primary N) is 1. The molecule has 0 aliphatic carbocycles. The van der Waals surface area contributed by atoms with Crippen molar-refractivity contribution in [3.63, 3.8) is 0 Å². The quantitative estimate of drug-likeness (QED) is 0.603. The predicted molar refractivity (Wildman–Crippen MR) is 113 cm³/mol. The van der Waals surface area contributed by atoms with Gasteiger partial charge in [-0.25, -0.2) is 0 Å². The van der Waals surface area contributed by atoms with Crippen LogP contribution in [-0.4, -0.2) is 17.9 Å². The SMILES string of the molecule is Cc1sc(NC(=O)C(C)Oc2ccc(Cl)cc2)c(C(N)=O)c1-c1ccccc1. The van der Waals surface area contributed by atoms with Gasteiger partial charge in [0.25, 0.3) is 11.8 Å². The molecule has 3 N–H and O–H groups in total. The van der Waals surface area contributed by atoms with Crippen molar-refractivity contribution >= 4 is 39.8 Å². The number of thiophene rings is 1. The van der Waals surface area contributed by atoms with Crippen LogP contribution in [0.2, 0.25) is 5.02 Å². The zero-order chi connectivity index (χ0) is 20.3. The molecule has 144 valence electrons. The number of hydrogen-bond donors (Lipinski definition) is 2. The van der Waals surface area contributed by atoms with Gasteiger partial charge < -0.3 is 15.8 Å². The summed E-state index contributed by atoms with van der Waals surface area (Å²) in [5.41, 5.74) is 7.54. The molecule has 0 saturated heterocycles. The molecular formula is C21H19ClN2O3S. The third-order valence-corrected chi connectivity index (χ3v) is 5.40. The summed E-state index contributed by atoms with van der Waals surface area (Å²) in [6.45, 7) is 3.52. The maximum atomic E-state index is 12.6. The Morgan fingerprint density at radius 1 is 1.11 bits per heavy atom. The minimum atomic E-state index is -0.774. The molecule has 3 rings (SSSR count). The Kier molecular flexibility index (Phi) is 6.02. The van der Waals surface area contributed by atoms with Gasteiger partial charge in [0.1, 0.15) is 10.8 Å².